The zero-order valence-electron chi connectivity index (χ0n) is 15.5. The lowest BCUT2D eigenvalue weighted by molar-refractivity contribution is -0.0498. The molecule has 0 aliphatic heterocycles. The van der Waals surface area contributed by atoms with Crippen LogP contribution in [0, 0.1) is 6.92 Å². The van der Waals surface area contributed by atoms with Gasteiger partial charge in [-0.1, -0.05) is 29.8 Å². The first-order valence-corrected chi connectivity index (χ1v) is 8.75. The second-order valence-electron chi connectivity index (χ2n) is 6.23. The van der Waals surface area contributed by atoms with Crippen LogP contribution in [0.25, 0.3) is 0 Å². The highest BCUT2D eigenvalue weighted by Crippen LogP contribution is 2.21. The Morgan fingerprint density at radius 1 is 0.862 bits per heavy atom. The fourth-order valence-electron chi connectivity index (χ4n) is 2.69. The standard InChI is InChI=1S/C22H18F2N2O3/c1-14-5-4-6-15(13-14)20(27)26-19-8-3-2-7-18(19)21(28)25-16-9-11-17(12-10-16)29-22(23)24/h2-13,22H,1H3,(H,25,28)(H,26,27). The first-order chi connectivity index (χ1) is 13.9. The third kappa shape index (κ3) is 5.38. The molecule has 0 aliphatic carbocycles. The summed E-state index contributed by atoms with van der Waals surface area (Å²) < 4.78 is 28.7. The van der Waals surface area contributed by atoms with Crippen LogP contribution in [0.3, 0.4) is 0 Å². The molecule has 2 amide bonds. The van der Waals surface area contributed by atoms with Crippen molar-refractivity contribution in [3.63, 3.8) is 0 Å². The number of ether oxygens (including phenoxy) is 1. The molecule has 0 spiro atoms. The topological polar surface area (TPSA) is 67.4 Å². The van der Waals surface area contributed by atoms with Crippen LogP contribution >= 0.6 is 0 Å². The number of amides is 2. The third-order valence-electron chi connectivity index (χ3n) is 4.04. The van der Waals surface area contributed by atoms with Gasteiger partial charge in [0.2, 0.25) is 0 Å². The molecule has 29 heavy (non-hydrogen) atoms. The van der Waals surface area contributed by atoms with Crippen LogP contribution in [0.1, 0.15) is 26.3 Å². The van der Waals surface area contributed by atoms with Crippen molar-refractivity contribution < 1.29 is 23.1 Å². The first-order valence-electron chi connectivity index (χ1n) is 8.75. The maximum atomic E-state index is 12.7. The molecule has 0 bridgehead atoms. The number of benzene rings is 3. The molecule has 0 saturated carbocycles. The molecule has 7 heteroatoms. The summed E-state index contributed by atoms with van der Waals surface area (Å²) in [5.41, 5.74) is 2.45. The summed E-state index contributed by atoms with van der Waals surface area (Å²) >= 11 is 0. The lowest BCUT2D eigenvalue weighted by atomic mass is 10.1. The minimum absolute atomic E-state index is 0.0104. The minimum Gasteiger partial charge on any atom is -0.435 e. The summed E-state index contributed by atoms with van der Waals surface area (Å²) in [5, 5.41) is 5.42. The number of carbonyl (C=O) groups excluding carboxylic acids is 2. The Morgan fingerprint density at radius 2 is 1.59 bits per heavy atom. The number of rotatable bonds is 6. The first kappa shape index (κ1) is 20.0. The van der Waals surface area contributed by atoms with Crippen molar-refractivity contribution in [2.75, 3.05) is 10.6 Å². The highest BCUT2D eigenvalue weighted by Gasteiger charge is 2.14. The van der Waals surface area contributed by atoms with Crippen LogP contribution in [0.15, 0.2) is 72.8 Å². The number of halogens is 2. The molecule has 148 valence electrons. The molecule has 5 nitrogen and oxygen atoms in total. The van der Waals surface area contributed by atoms with E-state index in [1.807, 2.05) is 13.0 Å². The maximum Gasteiger partial charge on any atom is 0.387 e. The van der Waals surface area contributed by atoms with Crippen molar-refractivity contribution in [3.05, 3.63) is 89.5 Å². The zero-order chi connectivity index (χ0) is 20.8. The van der Waals surface area contributed by atoms with Gasteiger partial charge in [-0.2, -0.15) is 8.78 Å². The van der Waals surface area contributed by atoms with Crippen molar-refractivity contribution in [1.29, 1.82) is 0 Å². The van der Waals surface area contributed by atoms with Crippen molar-refractivity contribution in [1.82, 2.24) is 0 Å². The second kappa shape index (κ2) is 8.97. The lowest BCUT2D eigenvalue weighted by Gasteiger charge is -2.12. The average Bonchev–Trinajstić information content (AvgIpc) is 2.69. The molecule has 0 fully saturated rings. The van der Waals surface area contributed by atoms with Crippen LogP contribution in [-0.4, -0.2) is 18.4 Å². The number of hydrogen-bond donors (Lipinski definition) is 2. The van der Waals surface area contributed by atoms with Crippen molar-refractivity contribution in [2.45, 2.75) is 13.5 Å². The van der Waals surface area contributed by atoms with Gasteiger partial charge in [0.05, 0.1) is 11.3 Å². The summed E-state index contributed by atoms with van der Waals surface area (Å²) in [4.78, 5) is 25.2. The van der Waals surface area contributed by atoms with Gasteiger partial charge in [-0.3, -0.25) is 9.59 Å². The molecule has 3 aromatic rings. The predicted molar refractivity (Wildman–Crippen MR) is 107 cm³/mol. The number of carbonyl (C=O) groups is 2. The second-order valence-corrected chi connectivity index (χ2v) is 6.23. The summed E-state index contributed by atoms with van der Waals surface area (Å²) in [7, 11) is 0. The molecular weight excluding hydrogens is 378 g/mol. The van der Waals surface area contributed by atoms with E-state index < -0.39 is 12.5 Å². The quantitative estimate of drug-likeness (QED) is 0.609. The third-order valence-corrected chi connectivity index (χ3v) is 4.04. The molecule has 0 radical (unpaired) electrons. The van der Waals surface area contributed by atoms with E-state index >= 15 is 0 Å². The molecule has 0 atom stereocenters. The van der Waals surface area contributed by atoms with E-state index in [1.165, 1.54) is 24.3 Å². The molecule has 3 aromatic carbocycles. The monoisotopic (exact) mass is 396 g/mol. The lowest BCUT2D eigenvalue weighted by Crippen LogP contribution is -2.18. The van der Waals surface area contributed by atoms with Gasteiger partial charge in [0.1, 0.15) is 5.75 Å². The van der Waals surface area contributed by atoms with Gasteiger partial charge in [0.15, 0.2) is 0 Å². The molecule has 3 rings (SSSR count). The van der Waals surface area contributed by atoms with E-state index in [0.29, 0.717) is 16.9 Å². The number of aryl methyl sites for hydroxylation is 1. The van der Waals surface area contributed by atoms with Crippen LogP contribution in [0.4, 0.5) is 20.2 Å². The largest absolute Gasteiger partial charge is 0.435 e. The summed E-state index contributed by atoms with van der Waals surface area (Å²) in [6, 6.07) is 19.2. The number of alkyl halides is 2. The normalized spacial score (nSPS) is 10.5. The van der Waals surface area contributed by atoms with Crippen LogP contribution in [-0.2, 0) is 0 Å². The summed E-state index contributed by atoms with van der Waals surface area (Å²) in [6.07, 6.45) is 0. The number of hydrogen-bond acceptors (Lipinski definition) is 3. The maximum absolute atomic E-state index is 12.7. The van der Waals surface area contributed by atoms with Gasteiger partial charge in [-0.05, 0) is 55.5 Å². The fraction of sp³-hybridized carbons (Fsp3) is 0.0909. The highest BCUT2D eigenvalue weighted by molar-refractivity contribution is 6.12. The predicted octanol–water partition coefficient (Wildman–Crippen LogP) is 5.10. The van der Waals surface area contributed by atoms with E-state index in [1.54, 1.807) is 42.5 Å². The number of anilines is 2. The van der Waals surface area contributed by atoms with E-state index in [2.05, 4.69) is 15.4 Å². The molecule has 0 aliphatic rings. The Balaban J connectivity index is 1.74. The number of para-hydroxylation sites is 1. The van der Waals surface area contributed by atoms with Gasteiger partial charge < -0.3 is 15.4 Å². The van der Waals surface area contributed by atoms with Crippen molar-refractivity contribution in [2.24, 2.45) is 0 Å². The van der Waals surface area contributed by atoms with E-state index in [-0.39, 0.29) is 17.2 Å². The Morgan fingerprint density at radius 3 is 2.28 bits per heavy atom. The Labute approximate surface area is 166 Å². The Bertz CT molecular complexity index is 1020. The molecule has 0 heterocycles. The zero-order valence-corrected chi connectivity index (χ0v) is 15.5. The van der Waals surface area contributed by atoms with Crippen molar-refractivity contribution in [3.8, 4) is 5.75 Å². The van der Waals surface area contributed by atoms with Crippen LogP contribution in [0.5, 0.6) is 5.75 Å². The van der Waals surface area contributed by atoms with Gasteiger partial charge in [0.25, 0.3) is 11.8 Å². The highest BCUT2D eigenvalue weighted by atomic mass is 19.3. The van der Waals surface area contributed by atoms with Gasteiger partial charge in [0, 0.05) is 11.3 Å². The Kier molecular flexibility index (Phi) is 6.19. The van der Waals surface area contributed by atoms with Crippen molar-refractivity contribution >= 4 is 23.2 Å². The molecule has 0 saturated heterocycles. The van der Waals surface area contributed by atoms with Gasteiger partial charge >= 0.3 is 6.61 Å². The Hall–Kier alpha value is -3.74. The molecular formula is C22H18F2N2O3. The van der Waals surface area contributed by atoms with E-state index in [0.717, 1.165) is 5.56 Å². The smallest absolute Gasteiger partial charge is 0.387 e. The minimum atomic E-state index is -2.92. The van der Waals surface area contributed by atoms with Crippen LogP contribution < -0.4 is 15.4 Å². The molecule has 0 unspecified atom stereocenters. The molecule has 2 N–H and O–H groups in total. The van der Waals surface area contributed by atoms with E-state index in [9.17, 15) is 18.4 Å². The number of nitrogens with one attached hydrogen (secondary N) is 2. The van der Waals surface area contributed by atoms with Gasteiger partial charge in [-0.15, -0.1) is 0 Å². The summed E-state index contributed by atoms with van der Waals surface area (Å²) in [6.45, 7) is -1.03. The summed E-state index contributed by atoms with van der Waals surface area (Å²) in [5.74, 6) is -0.793. The van der Waals surface area contributed by atoms with Crippen LogP contribution in [0.2, 0.25) is 0 Å². The van der Waals surface area contributed by atoms with E-state index in [4.69, 9.17) is 0 Å². The fourth-order valence-corrected chi connectivity index (χ4v) is 2.69. The van der Waals surface area contributed by atoms with Gasteiger partial charge in [-0.25, -0.2) is 0 Å². The molecule has 0 aromatic heterocycles. The SMILES string of the molecule is Cc1cccc(C(=O)Nc2ccccc2C(=O)Nc2ccc(OC(F)F)cc2)c1. The average molecular weight is 396 g/mol.